The van der Waals surface area contributed by atoms with Gasteiger partial charge in [0.25, 0.3) is 0 Å². The number of benzene rings is 1. The number of anilines is 1. The third-order valence-electron chi connectivity index (χ3n) is 2.62. The Morgan fingerprint density at radius 3 is 3.00 bits per heavy atom. The van der Waals surface area contributed by atoms with E-state index in [1.165, 1.54) is 5.56 Å². The number of nitrogens with zero attached hydrogens (tertiary/aromatic N) is 1. The summed E-state index contributed by atoms with van der Waals surface area (Å²) in [5, 5.41) is 11.6. The van der Waals surface area contributed by atoms with Crippen molar-refractivity contribution < 1.29 is 8.42 Å². The molecule has 6 heteroatoms. The number of hydrogen-bond donors (Lipinski definition) is 2. The summed E-state index contributed by atoms with van der Waals surface area (Å²) in [6.45, 7) is 1.70. The second-order valence-corrected chi connectivity index (χ2v) is 5.65. The van der Waals surface area contributed by atoms with Gasteiger partial charge in [-0.05, 0) is 36.2 Å². The lowest BCUT2D eigenvalue weighted by molar-refractivity contribution is 0.604. The van der Waals surface area contributed by atoms with Crippen LogP contribution in [-0.4, -0.2) is 20.7 Å². The van der Waals surface area contributed by atoms with Gasteiger partial charge in [-0.1, -0.05) is 6.07 Å². The number of rotatable bonds is 3. The molecule has 0 atom stereocenters. The smallest absolute Gasteiger partial charge is 0.246 e. The maximum absolute atomic E-state index is 11.4. The van der Waals surface area contributed by atoms with Gasteiger partial charge in [-0.3, -0.25) is 4.72 Å². The zero-order chi connectivity index (χ0) is 12.3. The van der Waals surface area contributed by atoms with Crippen molar-refractivity contribution in [3.05, 3.63) is 29.3 Å². The standard InChI is InChI=1S/C11H13N3O2S/c12-4-6-17(15,16)14-11-2-1-9-3-5-13-8-10(9)7-11/h1-2,7,13-14H,3,5-6,8H2. The van der Waals surface area contributed by atoms with Crippen LogP contribution < -0.4 is 10.0 Å². The molecule has 17 heavy (non-hydrogen) atoms. The maximum atomic E-state index is 11.4. The Morgan fingerprint density at radius 2 is 2.24 bits per heavy atom. The van der Waals surface area contributed by atoms with Crippen LogP contribution in [0.4, 0.5) is 5.69 Å². The van der Waals surface area contributed by atoms with E-state index in [0.29, 0.717) is 5.69 Å². The first-order chi connectivity index (χ1) is 8.11. The molecular formula is C11H13N3O2S. The lowest BCUT2D eigenvalue weighted by atomic mass is 10.0. The lowest BCUT2D eigenvalue weighted by Crippen LogP contribution is -2.24. The van der Waals surface area contributed by atoms with Gasteiger partial charge in [-0.15, -0.1) is 0 Å². The van der Waals surface area contributed by atoms with Crippen molar-refractivity contribution in [2.75, 3.05) is 17.0 Å². The third-order valence-corrected chi connectivity index (χ3v) is 3.68. The lowest BCUT2D eigenvalue weighted by Gasteiger charge is -2.18. The summed E-state index contributed by atoms with van der Waals surface area (Å²) in [6.07, 6.45) is 0.959. The summed E-state index contributed by atoms with van der Waals surface area (Å²) >= 11 is 0. The molecule has 0 fully saturated rings. The van der Waals surface area contributed by atoms with Gasteiger partial charge in [0.05, 0.1) is 6.07 Å². The van der Waals surface area contributed by atoms with Crippen LogP contribution in [-0.2, 0) is 23.0 Å². The third kappa shape index (κ3) is 2.96. The summed E-state index contributed by atoms with van der Waals surface area (Å²) in [7, 11) is -3.54. The minimum Gasteiger partial charge on any atom is -0.312 e. The highest BCUT2D eigenvalue weighted by atomic mass is 32.2. The Bertz CT molecular complexity index is 561. The van der Waals surface area contributed by atoms with Crippen LogP contribution in [0.25, 0.3) is 0 Å². The Morgan fingerprint density at radius 1 is 1.41 bits per heavy atom. The summed E-state index contributed by atoms with van der Waals surface area (Å²) in [5.74, 6) is -0.525. The van der Waals surface area contributed by atoms with E-state index in [1.807, 2.05) is 12.1 Å². The molecule has 0 amide bonds. The van der Waals surface area contributed by atoms with Crippen LogP contribution in [0.3, 0.4) is 0 Å². The first kappa shape index (κ1) is 11.9. The van der Waals surface area contributed by atoms with Gasteiger partial charge in [0.1, 0.15) is 0 Å². The summed E-state index contributed by atoms with van der Waals surface area (Å²) < 4.78 is 25.2. The van der Waals surface area contributed by atoms with Gasteiger partial charge in [0.2, 0.25) is 10.0 Å². The SMILES string of the molecule is N#CCS(=O)(=O)Nc1ccc2c(c1)CNCC2. The Balaban J connectivity index is 2.21. The zero-order valence-electron chi connectivity index (χ0n) is 9.23. The fourth-order valence-corrected chi connectivity index (χ4v) is 2.57. The van der Waals surface area contributed by atoms with Crippen molar-refractivity contribution in [1.82, 2.24) is 5.32 Å². The molecule has 0 unspecified atom stereocenters. The van der Waals surface area contributed by atoms with E-state index >= 15 is 0 Å². The van der Waals surface area contributed by atoms with Gasteiger partial charge >= 0.3 is 0 Å². The first-order valence-corrected chi connectivity index (χ1v) is 6.96. The normalized spacial score (nSPS) is 14.8. The molecule has 0 spiro atoms. The van der Waals surface area contributed by atoms with Gasteiger partial charge in [-0.2, -0.15) is 5.26 Å². The van der Waals surface area contributed by atoms with Crippen molar-refractivity contribution in [1.29, 1.82) is 5.26 Å². The molecule has 1 aliphatic rings. The van der Waals surface area contributed by atoms with E-state index in [2.05, 4.69) is 10.0 Å². The van der Waals surface area contributed by atoms with E-state index in [1.54, 1.807) is 12.1 Å². The van der Waals surface area contributed by atoms with Crippen LogP contribution in [0.1, 0.15) is 11.1 Å². The van der Waals surface area contributed by atoms with Gasteiger partial charge in [0.15, 0.2) is 5.75 Å². The second-order valence-electron chi connectivity index (χ2n) is 3.93. The topological polar surface area (TPSA) is 82.0 Å². The van der Waals surface area contributed by atoms with Crippen LogP contribution in [0, 0.1) is 11.3 Å². The molecule has 0 radical (unpaired) electrons. The highest BCUT2D eigenvalue weighted by molar-refractivity contribution is 7.92. The minimum atomic E-state index is -3.54. The molecule has 0 saturated carbocycles. The summed E-state index contributed by atoms with van der Waals surface area (Å²) in [6, 6.07) is 7.11. The molecule has 90 valence electrons. The molecule has 1 aliphatic heterocycles. The average Bonchev–Trinajstić information content (AvgIpc) is 2.28. The molecule has 0 saturated heterocycles. The Labute approximate surface area is 101 Å². The predicted octanol–water partition coefficient (Wildman–Crippen LogP) is 0.598. The van der Waals surface area contributed by atoms with Crippen molar-refractivity contribution in [3.63, 3.8) is 0 Å². The molecule has 0 aliphatic carbocycles. The van der Waals surface area contributed by atoms with E-state index < -0.39 is 15.8 Å². The van der Waals surface area contributed by atoms with Gasteiger partial charge < -0.3 is 5.32 Å². The van der Waals surface area contributed by atoms with Crippen molar-refractivity contribution >= 4 is 15.7 Å². The number of nitrogens with one attached hydrogen (secondary N) is 2. The van der Waals surface area contributed by atoms with Crippen LogP contribution in [0.15, 0.2) is 18.2 Å². The molecular weight excluding hydrogens is 238 g/mol. The van der Waals surface area contributed by atoms with E-state index in [9.17, 15) is 8.42 Å². The second kappa shape index (κ2) is 4.73. The molecule has 5 nitrogen and oxygen atoms in total. The molecule has 1 heterocycles. The monoisotopic (exact) mass is 251 g/mol. The highest BCUT2D eigenvalue weighted by Crippen LogP contribution is 2.19. The van der Waals surface area contributed by atoms with Crippen LogP contribution in [0.2, 0.25) is 0 Å². The van der Waals surface area contributed by atoms with Crippen LogP contribution in [0.5, 0.6) is 0 Å². The Kier molecular flexibility index (Phi) is 3.31. The predicted molar refractivity (Wildman–Crippen MR) is 64.9 cm³/mol. The molecule has 2 rings (SSSR count). The fourth-order valence-electron chi connectivity index (χ4n) is 1.84. The number of sulfonamides is 1. The van der Waals surface area contributed by atoms with Crippen molar-refractivity contribution in [2.45, 2.75) is 13.0 Å². The summed E-state index contributed by atoms with van der Waals surface area (Å²) in [5.41, 5.74) is 2.86. The first-order valence-electron chi connectivity index (χ1n) is 5.31. The molecule has 2 N–H and O–H groups in total. The van der Waals surface area contributed by atoms with Gasteiger partial charge in [0, 0.05) is 12.2 Å². The fraction of sp³-hybridized carbons (Fsp3) is 0.364. The van der Waals surface area contributed by atoms with Gasteiger partial charge in [-0.25, -0.2) is 8.42 Å². The maximum Gasteiger partial charge on any atom is 0.246 e. The quantitative estimate of drug-likeness (QED) is 0.824. The van der Waals surface area contributed by atoms with E-state index in [-0.39, 0.29) is 0 Å². The number of nitriles is 1. The minimum absolute atomic E-state index is 0.516. The van der Waals surface area contributed by atoms with Crippen molar-refractivity contribution in [2.24, 2.45) is 0 Å². The zero-order valence-corrected chi connectivity index (χ0v) is 10.0. The molecule has 1 aromatic carbocycles. The molecule has 0 aromatic heterocycles. The molecule has 1 aromatic rings. The largest absolute Gasteiger partial charge is 0.312 e. The van der Waals surface area contributed by atoms with Crippen molar-refractivity contribution in [3.8, 4) is 6.07 Å². The number of hydrogen-bond acceptors (Lipinski definition) is 4. The summed E-state index contributed by atoms with van der Waals surface area (Å²) in [4.78, 5) is 0. The van der Waals surface area contributed by atoms with E-state index in [0.717, 1.165) is 25.1 Å². The number of fused-ring (bicyclic) bond motifs is 1. The Hall–Kier alpha value is -1.58. The van der Waals surface area contributed by atoms with Crippen LogP contribution >= 0.6 is 0 Å². The van der Waals surface area contributed by atoms with E-state index in [4.69, 9.17) is 5.26 Å². The molecule has 0 bridgehead atoms. The highest BCUT2D eigenvalue weighted by Gasteiger charge is 2.12. The average molecular weight is 251 g/mol.